The number of nitrogens with zero attached hydrogens (tertiary/aromatic N) is 1. The van der Waals surface area contributed by atoms with Crippen LogP contribution in [0.5, 0.6) is 0 Å². The van der Waals surface area contributed by atoms with Crippen molar-refractivity contribution in [3.8, 4) is 11.1 Å². The Hall–Kier alpha value is -5.66. The van der Waals surface area contributed by atoms with Crippen molar-refractivity contribution in [2.75, 3.05) is 4.90 Å². The number of allylic oxidation sites excluding steroid dienone is 7. The molecule has 1 atom stereocenters. The first-order chi connectivity index (χ1) is 24.8. The van der Waals surface area contributed by atoms with Crippen LogP contribution in [0.4, 0.5) is 11.4 Å². The Morgan fingerprint density at radius 3 is 1.94 bits per heavy atom. The molecule has 5 aliphatic rings. The maximum atomic E-state index is 2.70. The van der Waals surface area contributed by atoms with Crippen LogP contribution in [0.3, 0.4) is 0 Å². The van der Waals surface area contributed by atoms with Crippen LogP contribution in [0.1, 0.15) is 70.8 Å². The second-order valence-corrected chi connectivity index (χ2v) is 15.8. The lowest BCUT2D eigenvalue weighted by Gasteiger charge is -2.47. The molecule has 1 unspecified atom stereocenters. The van der Waals surface area contributed by atoms with E-state index in [4.69, 9.17) is 0 Å². The molecule has 1 nitrogen and oxygen atoms in total. The molecule has 0 fully saturated rings. The Labute approximate surface area is 302 Å². The van der Waals surface area contributed by atoms with Gasteiger partial charge in [0.05, 0.1) is 11.1 Å². The number of fused-ring (bicyclic) bond motifs is 11. The van der Waals surface area contributed by atoms with E-state index in [9.17, 15) is 0 Å². The van der Waals surface area contributed by atoms with Crippen molar-refractivity contribution in [3.63, 3.8) is 0 Å². The fraction of sp³-hybridized carbons (Fsp3) is 0.160. The Bertz CT molecular complexity index is 2530. The monoisotopic (exact) mass is 655 g/mol. The van der Waals surface area contributed by atoms with Crippen molar-refractivity contribution in [1.82, 2.24) is 0 Å². The smallest absolute Gasteiger partial charge is 0.0803 e. The van der Waals surface area contributed by atoms with Crippen LogP contribution >= 0.6 is 0 Å². The van der Waals surface area contributed by atoms with Crippen LogP contribution in [0.25, 0.3) is 34.4 Å². The molecule has 10 rings (SSSR count). The van der Waals surface area contributed by atoms with E-state index in [0.29, 0.717) is 0 Å². The lowest BCUT2D eigenvalue weighted by atomic mass is 9.63. The summed E-state index contributed by atoms with van der Waals surface area (Å²) in [5.74, 6) is 0. The summed E-state index contributed by atoms with van der Waals surface area (Å²) in [4.78, 5) is 2.70. The summed E-state index contributed by atoms with van der Waals surface area (Å²) in [5, 5.41) is 0. The molecular weight excluding hydrogens is 615 g/mol. The minimum atomic E-state index is -0.536. The molecule has 5 aliphatic carbocycles. The number of rotatable bonds is 3. The van der Waals surface area contributed by atoms with Gasteiger partial charge in [-0.3, -0.25) is 0 Å². The Morgan fingerprint density at radius 2 is 1.24 bits per heavy atom. The second-order valence-electron chi connectivity index (χ2n) is 15.8. The summed E-state index contributed by atoms with van der Waals surface area (Å²) in [6.45, 7) is 11.7. The topological polar surface area (TPSA) is 3.24 Å². The maximum Gasteiger partial charge on any atom is 0.0803 e. The zero-order chi connectivity index (χ0) is 34.6. The first kappa shape index (κ1) is 30.2. The highest BCUT2D eigenvalue weighted by Gasteiger charge is 2.51. The first-order valence-electron chi connectivity index (χ1n) is 18.3. The predicted molar refractivity (Wildman–Crippen MR) is 216 cm³/mol. The third kappa shape index (κ3) is 4.15. The summed E-state index contributed by atoms with van der Waals surface area (Å²) in [6.07, 6.45) is 17.9. The molecule has 0 saturated heterocycles. The molecule has 0 aromatic heterocycles. The van der Waals surface area contributed by atoms with Crippen molar-refractivity contribution in [2.45, 2.75) is 46.5 Å². The van der Waals surface area contributed by atoms with Crippen molar-refractivity contribution in [1.29, 1.82) is 0 Å². The molecular formula is C50H41N. The van der Waals surface area contributed by atoms with Gasteiger partial charge in [-0.1, -0.05) is 142 Å². The lowest BCUT2D eigenvalue weighted by molar-refractivity contribution is 0.588. The zero-order valence-corrected chi connectivity index (χ0v) is 30.0. The van der Waals surface area contributed by atoms with Crippen LogP contribution in [0, 0.1) is 19.3 Å². The molecule has 5 aromatic rings. The van der Waals surface area contributed by atoms with Crippen molar-refractivity contribution >= 4 is 34.7 Å². The molecule has 1 heteroatoms. The minimum Gasteiger partial charge on any atom is -0.312 e. The molecule has 1 spiro atoms. The van der Waals surface area contributed by atoms with Crippen LogP contribution in [0.2, 0.25) is 0 Å². The fourth-order valence-electron chi connectivity index (χ4n) is 9.50. The average Bonchev–Trinajstić information content (AvgIpc) is 3.83. The number of aryl methyl sites for hydroxylation is 1. The van der Waals surface area contributed by atoms with E-state index in [0.717, 1.165) is 6.42 Å². The largest absolute Gasteiger partial charge is 0.312 e. The maximum absolute atomic E-state index is 2.70. The van der Waals surface area contributed by atoms with Crippen molar-refractivity contribution in [3.05, 3.63) is 200 Å². The summed E-state index contributed by atoms with van der Waals surface area (Å²) in [5.41, 5.74) is 23.3. The van der Waals surface area contributed by atoms with Crippen LogP contribution in [-0.2, 0) is 11.8 Å². The minimum absolute atomic E-state index is 0.0821. The molecule has 0 amide bonds. The van der Waals surface area contributed by atoms with Crippen LogP contribution in [-0.4, -0.2) is 0 Å². The van der Waals surface area contributed by atoms with Gasteiger partial charge in [0.25, 0.3) is 0 Å². The molecule has 0 radical (unpaired) electrons. The molecule has 51 heavy (non-hydrogen) atoms. The third-order valence-corrected chi connectivity index (χ3v) is 12.0. The van der Waals surface area contributed by atoms with Gasteiger partial charge >= 0.3 is 0 Å². The number of para-hydroxylation sites is 1. The van der Waals surface area contributed by atoms with Crippen molar-refractivity contribution in [2.24, 2.45) is 5.41 Å². The molecule has 0 N–H and O–H groups in total. The van der Waals surface area contributed by atoms with Gasteiger partial charge in [-0.05, 0) is 127 Å². The SMILES string of the molecule is Cc1cc2c(c(N(C3=CC=C4C(=Cc5ccccc54)C34C=CC=C3C4=Cc4ccccc43)c3ccccc3C(C)(C)C)c1C)Cc1ccccc1-2. The standard InChI is InChI=1S/C50H41N/c1-31-27-41-38-20-11-6-15-33(38)28-42(41)48(32(31)2)51(46-23-13-12-22-43(46)49(3,4)5)47-25-24-40-37-19-10-8-17-35(37)30-45(40)50(47)26-14-21-39-36-18-9-7-16-34(36)29-44(39)50/h6-27,29-30H,28H2,1-5H3. The number of anilines is 2. The highest BCUT2D eigenvalue weighted by molar-refractivity contribution is 6.07. The van der Waals surface area contributed by atoms with E-state index in [2.05, 4.69) is 185 Å². The van der Waals surface area contributed by atoms with E-state index in [1.165, 1.54) is 101 Å². The fourth-order valence-corrected chi connectivity index (χ4v) is 9.50. The Balaban J connectivity index is 1.33. The van der Waals surface area contributed by atoms with Crippen LogP contribution < -0.4 is 4.90 Å². The second kappa shape index (κ2) is 10.7. The zero-order valence-electron chi connectivity index (χ0n) is 30.0. The summed E-state index contributed by atoms with van der Waals surface area (Å²) >= 11 is 0. The van der Waals surface area contributed by atoms with Crippen LogP contribution in [0.15, 0.2) is 150 Å². The van der Waals surface area contributed by atoms with Gasteiger partial charge in [-0.25, -0.2) is 0 Å². The highest BCUT2D eigenvalue weighted by atomic mass is 15.2. The molecule has 0 saturated carbocycles. The number of benzene rings is 5. The average molecular weight is 656 g/mol. The quantitative estimate of drug-likeness (QED) is 0.183. The molecule has 0 aliphatic heterocycles. The van der Waals surface area contributed by atoms with E-state index < -0.39 is 5.41 Å². The molecule has 246 valence electrons. The van der Waals surface area contributed by atoms with E-state index in [1.807, 2.05) is 0 Å². The Morgan fingerprint density at radius 1 is 0.627 bits per heavy atom. The van der Waals surface area contributed by atoms with Gasteiger partial charge in [0.15, 0.2) is 0 Å². The number of hydrogen-bond acceptors (Lipinski definition) is 1. The summed E-state index contributed by atoms with van der Waals surface area (Å²) < 4.78 is 0. The highest BCUT2D eigenvalue weighted by Crippen LogP contribution is 2.64. The van der Waals surface area contributed by atoms with Gasteiger partial charge in [0.1, 0.15) is 0 Å². The third-order valence-electron chi connectivity index (χ3n) is 12.0. The van der Waals surface area contributed by atoms with Gasteiger partial charge in [-0.2, -0.15) is 0 Å². The lowest BCUT2D eigenvalue weighted by Crippen LogP contribution is -2.38. The summed E-state index contributed by atoms with van der Waals surface area (Å²) in [6, 6.07) is 38.4. The first-order valence-corrected chi connectivity index (χ1v) is 18.3. The van der Waals surface area contributed by atoms with Gasteiger partial charge in [0, 0.05) is 17.8 Å². The molecule has 5 aromatic carbocycles. The Kier molecular flexibility index (Phi) is 6.32. The van der Waals surface area contributed by atoms with Gasteiger partial charge < -0.3 is 4.90 Å². The van der Waals surface area contributed by atoms with Gasteiger partial charge in [-0.15, -0.1) is 0 Å². The van der Waals surface area contributed by atoms with E-state index in [-0.39, 0.29) is 5.41 Å². The molecule has 0 bridgehead atoms. The van der Waals surface area contributed by atoms with E-state index in [1.54, 1.807) is 0 Å². The summed E-state index contributed by atoms with van der Waals surface area (Å²) in [7, 11) is 0. The van der Waals surface area contributed by atoms with Crippen molar-refractivity contribution < 1.29 is 0 Å². The predicted octanol–water partition coefficient (Wildman–Crippen LogP) is 12.7. The normalized spacial score (nSPS) is 18.8. The van der Waals surface area contributed by atoms with E-state index >= 15 is 0 Å². The van der Waals surface area contributed by atoms with Gasteiger partial charge in [0.2, 0.25) is 0 Å². The molecule has 0 heterocycles. The number of hydrogen-bond donors (Lipinski definition) is 0.